The topological polar surface area (TPSA) is 29.3 Å². The normalized spacial score (nSPS) is 11.3. The number of rotatable bonds is 14. The van der Waals surface area contributed by atoms with Crippen molar-refractivity contribution < 1.29 is 0 Å². The first-order valence-electron chi connectivity index (χ1n) is 8.27. The smallest absolute Gasteiger partial charge is 0.00187 e. The molecular formula is C16H36N2. The van der Waals surface area contributed by atoms with Gasteiger partial charge >= 0.3 is 0 Å². The van der Waals surface area contributed by atoms with Crippen LogP contribution in [0.15, 0.2) is 0 Å². The highest BCUT2D eigenvalue weighted by atomic mass is 15.1. The van der Waals surface area contributed by atoms with E-state index in [4.69, 9.17) is 5.73 Å². The summed E-state index contributed by atoms with van der Waals surface area (Å²) in [5, 5.41) is 0. The van der Waals surface area contributed by atoms with Crippen molar-refractivity contribution in [2.24, 2.45) is 5.73 Å². The molecule has 0 aliphatic rings. The minimum Gasteiger partial charge on any atom is -0.330 e. The maximum atomic E-state index is 5.48. The zero-order valence-electron chi connectivity index (χ0n) is 12.9. The Kier molecular flexibility index (Phi) is 14.9. The van der Waals surface area contributed by atoms with Crippen LogP contribution in [0.2, 0.25) is 0 Å². The second kappa shape index (κ2) is 15.0. The molecule has 110 valence electrons. The highest BCUT2D eigenvalue weighted by Gasteiger charge is 2.01. The van der Waals surface area contributed by atoms with E-state index in [1.807, 2.05) is 0 Å². The molecular weight excluding hydrogens is 220 g/mol. The molecule has 0 aliphatic heterocycles. The molecule has 2 nitrogen and oxygen atoms in total. The van der Waals surface area contributed by atoms with E-state index in [1.54, 1.807) is 0 Å². The van der Waals surface area contributed by atoms with Crippen LogP contribution >= 0.6 is 0 Å². The second-order valence-electron chi connectivity index (χ2n) is 5.46. The molecule has 0 amide bonds. The summed E-state index contributed by atoms with van der Waals surface area (Å²) >= 11 is 0. The van der Waals surface area contributed by atoms with E-state index in [0.717, 1.165) is 6.54 Å². The lowest BCUT2D eigenvalue weighted by Crippen LogP contribution is -2.26. The van der Waals surface area contributed by atoms with Gasteiger partial charge in [0.05, 0.1) is 0 Å². The summed E-state index contributed by atoms with van der Waals surface area (Å²) in [6.07, 6.45) is 13.6. The van der Waals surface area contributed by atoms with Gasteiger partial charge in [-0.05, 0) is 51.9 Å². The highest BCUT2D eigenvalue weighted by Crippen LogP contribution is 2.09. The number of hydrogen-bond donors (Lipinski definition) is 1. The third-order valence-corrected chi connectivity index (χ3v) is 3.51. The van der Waals surface area contributed by atoms with Crippen molar-refractivity contribution in [1.82, 2.24) is 4.90 Å². The molecule has 0 atom stereocenters. The first-order chi connectivity index (χ1) is 8.85. The van der Waals surface area contributed by atoms with Crippen LogP contribution in [0, 0.1) is 0 Å². The number of nitrogens with zero attached hydrogens (tertiary/aromatic N) is 1. The van der Waals surface area contributed by atoms with Crippen LogP contribution < -0.4 is 5.73 Å². The third-order valence-electron chi connectivity index (χ3n) is 3.51. The summed E-state index contributed by atoms with van der Waals surface area (Å²) < 4.78 is 0. The van der Waals surface area contributed by atoms with Crippen molar-refractivity contribution in [3.63, 3.8) is 0 Å². The predicted octanol–water partition coefficient (Wildman–Crippen LogP) is 4.19. The molecule has 0 heterocycles. The summed E-state index contributed by atoms with van der Waals surface area (Å²) in [6.45, 7) is 9.31. The van der Waals surface area contributed by atoms with Crippen molar-refractivity contribution in [3.05, 3.63) is 0 Å². The molecule has 18 heavy (non-hydrogen) atoms. The van der Waals surface area contributed by atoms with Crippen LogP contribution in [0.25, 0.3) is 0 Å². The first-order valence-corrected chi connectivity index (χ1v) is 8.27. The Bertz CT molecular complexity index is 142. The van der Waals surface area contributed by atoms with Gasteiger partial charge in [-0.15, -0.1) is 0 Å². The van der Waals surface area contributed by atoms with E-state index in [-0.39, 0.29) is 0 Å². The van der Waals surface area contributed by atoms with E-state index < -0.39 is 0 Å². The summed E-state index contributed by atoms with van der Waals surface area (Å²) in [4.78, 5) is 2.63. The molecule has 2 N–H and O–H groups in total. The summed E-state index contributed by atoms with van der Waals surface area (Å²) in [7, 11) is 0. The van der Waals surface area contributed by atoms with Gasteiger partial charge in [0, 0.05) is 0 Å². The van der Waals surface area contributed by atoms with E-state index >= 15 is 0 Å². The fourth-order valence-electron chi connectivity index (χ4n) is 2.51. The van der Waals surface area contributed by atoms with Crippen LogP contribution in [0.1, 0.15) is 78.1 Å². The minimum absolute atomic E-state index is 0.866. The van der Waals surface area contributed by atoms with Crippen LogP contribution in [0.4, 0.5) is 0 Å². The SMILES string of the molecule is CCCN(CCC)CCCCCCCCCCN. The molecule has 0 bridgehead atoms. The molecule has 0 aromatic heterocycles. The average molecular weight is 256 g/mol. The Morgan fingerprint density at radius 2 is 1.06 bits per heavy atom. The number of hydrogen-bond acceptors (Lipinski definition) is 2. The Hall–Kier alpha value is -0.0800. The molecule has 0 spiro atoms. The Balaban J connectivity index is 3.21. The van der Waals surface area contributed by atoms with Gasteiger partial charge < -0.3 is 10.6 Å². The van der Waals surface area contributed by atoms with E-state index in [1.165, 1.54) is 83.8 Å². The summed E-state index contributed by atoms with van der Waals surface area (Å²) in [6, 6.07) is 0. The van der Waals surface area contributed by atoms with E-state index in [2.05, 4.69) is 18.7 Å². The van der Waals surface area contributed by atoms with Gasteiger partial charge in [-0.3, -0.25) is 0 Å². The summed E-state index contributed by atoms with van der Waals surface area (Å²) in [5.41, 5.74) is 5.48. The van der Waals surface area contributed by atoms with Gasteiger partial charge in [-0.2, -0.15) is 0 Å². The molecule has 0 saturated carbocycles. The van der Waals surface area contributed by atoms with Crippen LogP contribution in [-0.4, -0.2) is 31.1 Å². The third kappa shape index (κ3) is 12.4. The lowest BCUT2D eigenvalue weighted by molar-refractivity contribution is 0.267. The molecule has 0 saturated heterocycles. The van der Waals surface area contributed by atoms with E-state index in [9.17, 15) is 0 Å². The van der Waals surface area contributed by atoms with Crippen molar-refractivity contribution in [3.8, 4) is 0 Å². The number of unbranched alkanes of at least 4 members (excludes halogenated alkanes) is 7. The largest absolute Gasteiger partial charge is 0.330 e. The van der Waals surface area contributed by atoms with Gasteiger partial charge in [0.25, 0.3) is 0 Å². The molecule has 0 unspecified atom stereocenters. The van der Waals surface area contributed by atoms with Crippen LogP contribution in [-0.2, 0) is 0 Å². The van der Waals surface area contributed by atoms with Crippen LogP contribution in [0.5, 0.6) is 0 Å². The van der Waals surface area contributed by atoms with Gasteiger partial charge in [-0.1, -0.05) is 52.4 Å². The standard InChI is InChI=1S/C16H36N2/c1-3-14-18(15-4-2)16-12-10-8-6-5-7-9-11-13-17/h3-17H2,1-2H3. The molecule has 0 aromatic carbocycles. The predicted molar refractivity (Wildman–Crippen MR) is 83.0 cm³/mol. The zero-order chi connectivity index (χ0) is 13.5. The maximum Gasteiger partial charge on any atom is -0.00187 e. The molecule has 0 aliphatic carbocycles. The second-order valence-corrected chi connectivity index (χ2v) is 5.46. The van der Waals surface area contributed by atoms with E-state index in [0.29, 0.717) is 0 Å². The first kappa shape index (κ1) is 17.9. The van der Waals surface area contributed by atoms with Crippen molar-refractivity contribution in [2.45, 2.75) is 78.1 Å². The van der Waals surface area contributed by atoms with Crippen molar-refractivity contribution >= 4 is 0 Å². The fourth-order valence-corrected chi connectivity index (χ4v) is 2.51. The molecule has 0 fully saturated rings. The fraction of sp³-hybridized carbons (Fsp3) is 1.00. The average Bonchev–Trinajstić information content (AvgIpc) is 2.37. The molecule has 2 heteroatoms. The van der Waals surface area contributed by atoms with Gasteiger partial charge in [-0.25, -0.2) is 0 Å². The monoisotopic (exact) mass is 256 g/mol. The molecule has 0 radical (unpaired) electrons. The van der Waals surface area contributed by atoms with Gasteiger partial charge in [0.2, 0.25) is 0 Å². The van der Waals surface area contributed by atoms with Crippen molar-refractivity contribution in [2.75, 3.05) is 26.2 Å². The Labute approximate surface area is 115 Å². The Morgan fingerprint density at radius 1 is 0.611 bits per heavy atom. The zero-order valence-corrected chi connectivity index (χ0v) is 12.9. The minimum atomic E-state index is 0.866. The number of nitrogens with two attached hydrogens (primary N) is 1. The highest BCUT2D eigenvalue weighted by molar-refractivity contribution is 4.56. The summed E-state index contributed by atoms with van der Waals surface area (Å²) in [5.74, 6) is 0. The van der Waals surface area contributed by atoms with Crippen LogP contribution in [0.3, 0.4) is 0 Å². The maximum absolute atomic E-state index is 5.48. The Morgan fingerprint density at radius 3 is 1.50 bits per heavy atom. The lowest BCUT2D eigenvalue weighted by Gasteiger charge is -2.20. The quantitative estimate of drug-likeness (QED) is 0.472. The molecule has 0 aromatic rings. The van der Waals surface area contributed by atoms with Crippen molar-refractivity contribution in [1.29, 1.82) is 0 Å². The lowest BCUT2D eigenvalue weighted by atomic mass is 10.1. The van der Waals surface area contributed by atoms with Gasteiger partial charge in [0.15, 0.2) is 0 Å². The molecule has 0 rings (SSSR count). The van der Waals surface area contributed by atoms with Gasteiger partial charge in [0.1, 0.15) is 0 Å².